The van der Waals surface area contributed by atoms with E-state index in [1.807, 2.05) is 0 Å². The second-order valence-electron chi connectivity index (χ2n) is 4.52. The molecule has 0 saturated carbocycles. The van der Waals surface area contributed by atoms with Gasteiger partial charge in [-0.25, -0.2) is 0 Å². The Morgan fingerprint density at radius 1 is 1.29 bits per heavy atom. The number of benzene rings is 2. The largest absolute Gasteiger partial charge is 0.489 e. The maximum atomic E-state index is 10.9. The Hall–Kier alpha value is -2.11. The Labute approximate surface area is 126 Å². The zero-order valence-corrected chi connectivity index (χ0v) is 12.1. The number of ether oxygens (including phenoxy) is 1. The van der Waals surface area contributed by atoms with Crippen LogP contribution in [-0.2, 0) is 13.2 Å². The summed E-state index contributed by atoms with van der Waals surface area (Å²) in [5, 5.41) is 20.7. The molecule has 2 aromatic rings. The van der Waals surface area contributed by atoms with Gasteiger partial charge in [0.15, 0.2) is 0 Å². The van der Waals surface area contributed by atoms with E-state index in [2.05, 4.69) is 0 Å². The standard InChI is InChI=1S/C15H14ClNO4/c1-10-11(3-2-4-14(10)17(19)20)9-21-15-6-5-13(16)7-12(15)8-18/h2-7,18H,8-9H2,1H3. The van der Waals surface area contributed by atoms with E-state index in [0.29, 0.717) is 21.9 Å². The second-order valence-corrected chi connectivity index (χ2v) is 4.95. The number of hydrogen-bond acceptors (Lipinski definition) is 4. The minimum atomic E-state index is -0.416. The van der Waals surface area contributed by atoms with Crippen LogP contribution in [0.1, 0.15) is 16.7 Å². The van der Waals surface area contributed by atoms with E-state index in [1.54, 1.807) is 37.3 Å². The van der Waals surface area contributed by atoms with Crippen molar-refractivity contribution in [1.29, 1.82) is 0 Å². The summed E-state index contributed by atoms with van der Waals surface area (Å²) < 4.78 is 5.64. The Morgan fingerprint density at radius 3 is 2.71 bits per heavy atom. The lowest BCUT2D eigenvalue weighted by atomic mass is 10.1. The molecule has 0 unspecified atom stereocenters. The topological polar surface area (TPSA) is 72.6 Å². The van der Waals surface area contributed by atoms with Crippen LogP contribution < -0.4 is 4.74 Å². The lowest BCUT2D eigenvalue weighted by molar-refractivity contribution is -0.385. The van der Waals surface area contributed by atoms with Crippen LogP contribution in [0.3, 0.4) is 0 Å². The molecule has 1 N–H and O–H groups in total. The van der Waals surface area contributed by atoms with Gasteiger partial charge in [0.25, 0.3) is 5.69 Å². The fourth-order valence-corrected chi connectivity index (χ4v) is 2.19. The fraction of sp³-hybridized carbons (Fsp3) is 0.200. The highest BCUT2D eigenvalue weighted by Crippen LogP contribution is 2.26. The van der Waals surface area contributed by atoms with Crippen molar-refractivity contribution in [2.24, 2.45) is 0 Å². The molecule has 0 aliphatic rings. The zero-order valence-electron chi connectivity index (χ0n) is 11.4. The molecule has 5 nitrogen and oxygen atoms in total. The van der Waals surface area contributed by atoms with Crippen molar-refractivity contribution in [3.05, 3.63) is 68.2 Å². The van der Waals surface area contributed by atoms with Crippen LogP contribution >= 0.6 is 11.6 Å². The number of nitro benzene ring substituents is 1. The summed E-state index contributed by atoms with van der Waals surface area (Å²) in [6.45, 7) is 1.68. The summed E-state index contributed by atoms with van der Waals surface area (Å²) in [4.78, 5) is 10.5. The van der Waals surface area contributed by atoms with E-state index in [1.165, 1.54) is 6.07 Å². The predicted octanol–water partition coefficient (Wildman–Crippen LogP) is 3.63. The SMILES string of the molecule is Cc1c(COc2ccc(Cl)cc2CO)cccc1[N+](=O)[O-]. The van der Waals surface area contributed by atoms with Crippen LogP contribution in [0.25, 0.3) is 0 Å². The quantitative estimate of drug-likeness (QED) is 0.676. The van der Waals surface area contributed by atoms with Crippen molar-refractivity contribution >= 4 is 17.3 Å². The van der Waals surface area contributed by atoms with Crippen LogP contribution in [-0.4, -0.2) is 10.0 Å². The maximum absolute atomic E-state index is 10.9. The van der Waals surface area contributed by atoms with Gasteiger partial charge in [0.1, 0.15) is 12.4 Å². The Balaban J connectivity index is 2.21. The molecule has 2 rings (SSSR count). The first kappa shape index (κ1) is 15.3. The van der Waals surface area contributed by atoms with Crippen molar-refractivity contribution in [2.45, 2.75) is 20.1 Å². The summed E-state index contributed by atoms with van der Waals surface area (Å²) >= 11 is 5.85. The molecule has 0 amide bonds. The molecule has 0 aliphatic heterocycles. The third-order valence-corrected chi connectivity index (χ3v) is 3.43. The molecule has 0 fully saturated rings. The molecule has 21 heavy (non-hydrogen) atoms. The van der Waals surface area contributed by atoms with Gasteiger partial charge in [-0.3, -0.25) is 10.1 Å². The van der Waals surface area contributed by atoms with Gasteiger partial charge in [-0.15, -0.1) is 0 Å². The first-order valence-corrected chi connectivity index (χ1v) is 6.65. The van der Waals surface area contributed by atoms with Gasteiger partial charge in [-0.2, -0.15) is 0 Å². The highest BCUT2D eigenvalue weighted by molar-refractivity contribution is 6.30. The lowest BCUT2D eigenvalue weighted by Gasteiger charge is -2.12. The monoisotopic (exact) mass is 307 g/mol. The van der Waals surface area contributed by atoms with Crippen molar-refractivity contribution in [2.75, 3.05) is 0 Å². The predicted molar refractivity (Wildman–Crippen MR) is 79.5 cm³/mol. The summed E-state index contributed by atoms with van der Waals surface area (Å²) in [6.07, 6.45) is 0. The molecular weight excluding hydrogens is 294 g/mol. The molecular formula is C15H14ClNO4. The summed E-state index contributed by atoms with van der Waals surface area (Å²) in [7, 11) is 0. The molecule has 110 valence electrons. The number of rotatable bonds is 5. The average molecular weight is 308 g/mol. The highest BCUT2D eigenvalue weighted by atomic mass is 35.5. The molecule has 0 atom stereocenters. The van der Waals surface area contributed by atoms with Crippen molar-refractivity contribution < 1.29 is 14.8 Å². The molecule has 0 spiro atoms. The number of halogens is 1. The van der Waals surface area contributed by atoms with E-state index in [9.17, 15) is 15.2 Å². The van der Waals surface area contributed by atoms with Gasteiger partial charge in [0.05, 0.1) is 11.5 Å². The number of aliphatic hydroxyl groups excluding tert-OH is 1. The molecule has 0 saturated heterocycles. The average Bonchev–Trinajstić information content (AvgIpc) is 2.46. The van der Waals surface area contributed by atoms with Gasteiger partial charge in [-0.05, 0) is 30.7 Å². The number of hydrogen-bond donors (Lipinski definition) is 1. The molecule has 0 aliphatic carbocycles. The smallest absolute Gasteiger partial charge is 0.272 e. The third kappa shape index (κ3) is 3.51. The van der Waals surface area contributed by atoms with E-state index < -0.39 is 4.92 Å². The molecule has 2 aromatic carbocycles. The van der Waals surface area contributed by atoms with Gasteiger partial charge in [-0.1, -0.05) is 23.7 Å². The van der Waals surface area contributed by atoms with E-state index in [-0.39, 0.29) is 18.9 Å². The second kappa shape index (κ2) is 6.56. The minimum Gasteiger partial charge on any atom is -0.489 e. The van der Waals surface area contributed by atoms with E-state index >= 15 is 0 Å². The van der Waals surface area contributed by atoms with Crippen LogP contribution in [0, 0.1) is 17.0 Å². The van der Waals surface area contributed by atoms with Crippen LogP contribution in [0.4, 0.5) is 5.69 Å². The molecule has 0 heterocycles. The van der Waals surface area contributed by atoms with Crippen LogP contribution in [0.5, 0.6) is 5.75 Å². The van der Waals surface area contributed by atoms with Gasteiger partial charge >= 0.3 is 0 Å². The zero-order chi connectivity index (χ0) is 15.4. The Kier molecular flexibility index (Phi) is 4.77. The Morgan fingerprint density at radius 2 is 2.05 bits per heavy atom. The third-order valence-electron chi connectivity index (χ3n) is 3.19. The first-order chi connectivity index (χ1) is 10.0. The molecule has 0 bridgehead atoms. The van der Waals surface area contributed by atoms with Crippen molar-refractivity contribution in [1.82, 2.24) is 0 Å². The highest BCUT2D eigenvalue weighted by Gasteiger charge is 2.14. The summed E-state index contributed by atoms with van der Waals surface area (Å²) in [6, 6.07) is 9.81. The van der Waals surface area contributed by atoms with Crippen molar-refractivity contribution in [3.8, 4) is 5.75 Å². The van der Waals surface area contributed by atoms with Gasteiger partial charge in [0.2, 0.25) is 0 Å². The first-order valence-electron chi connectivity index (χ1n) is 6.28. The Bertz CT molecular complexity index is 673. The number of aliphatic hydroxyl groups is 1. The normalized spacial score (nSPS) is 10.4. The summed E-state index contributed by atoms with van der Waals surface area (Å²) in [5.41, 5.74) is 1.94. The van der Waals surface area contributed by atoms with E-state index in [4.69, 9.17) is 16.3 Å². The van der Waals surface area contributed by atoms with Crippen LogP contribution in [0.15, 0.2) is 36.4 Å². The molecule has 6 heteroatoms. The molecule has 0 radical (unpaired) electrons. The summed E-state index contributed by atoms with van der Waals surface area (Å²) in [5.74, 6) is 0.507. The fourth-order valence-electron chi connectivity index (χ4n) is 1.99. The molecule has 0 aromatic heterocycles. The number of nitro groups is 1. The number of nitrogens with zero attached hydrogens (tertiary/aromatic N) is 1. The van der Waals surface area contributed by atoms with Crippen LogP contribution in [0.2, 0.25) is 5.02 Å². The minimum absolute atomic E-state index is 0.0644. The van der Waals surface area contributed by atoms with Gasteiger partial charge < -0.3 is 9.84 Å². The maximum Gasteiger partial charge on any atom is 0.272 e. The lowest BCUT2D eigenvalue weighted by Crippen LogP contribution is -2.02. The van der Waals surface area contributed by atoms with Gasteiger partial charge in [0, 0.05) is 22.2 Å². The van der Waals surface area contributed by atoms with E-state index in [0.717, 1.165) is 5.56 Å². The van der Waals surface area contributed by atoms with Crippen molar-refractivity contribution in [3.63, 3.8) is 0 Å².